The minimum Gasteiger partial charge on any atom is -0.466 e. The van der Waals surface area contributed by atoms with Crippen LogP contribution in [0.3, 0.4) is 0 Å². The Balaban J connectivity index is 1.86. The van der Waals surface area contributed by atoms with E-state index in [9.17, 15) is 15.2 Å². The fraction of sp³-hybridized carbons (Fsp3) is 0.143. The molecule has 0 aliphatic heterocycles. The van der Waals surface area contributed by atoms with Gasteiger partial charge in [0, 0.05) is 11.1 Å². The number of furan rings is 1. The first-order valence-electron chi connectivity index (χ1n) is 8.16. The van der Waals surface area contributed by atoms with E-state index in [1.807, 2.05) is 18.2 Å². The molecule has 0 radical (unpaired) electrons. The van der Waals surface area contributed by atoms with Gasteiger partial charge in [-0.15, -0.1) is 0 Å². The predicted octanol–water partition coefficient (Wildman–Crippen LogP) is 3.46. The van der Waals surface area contributed by atoms with Gasteiger partial charge in [-0.25, -0.2) is 0 Å². The summed E-state index contributed by atoms with van der Waals surface area (Å²) in [6, 6.07) is 19.7. The number of hydrogen-bond acceptors (Lipinski definition) is 4. The van der Waals surface area contributed by atoms with E-state index >= 15 is 0 Å². The van der Waals surface area contributed by atoms with Gasteiger partial charge in [-0.3, -0.25) is 4.79 Å². The highest BCUT2D eigenvalue weighted by Gasteiger charge is 2.27. The highest BCUT2D eigenvalue weighted by atomic mass is 16.4. The van der Waals surface area contributed by atoms with Crippen molar-refractivity contribution in [2.45, 2.75) is 12.5 Å². The van der Waals surface area contributed by atoms with E-state index in [1.54, 1.807) is 49.4 Å². The van der Waals surface area contributed by atoms with Crippen molar-refractivity contribution >= 4 is 5.91 Å². The number of nitrogens with zero attached hydrogens (tertiary/aromatic N) is 1. The number of aliphatic hydroxyl groups is 1. The Morgan fingerprint density at radius 1 is 1.12 bits per heavy atom. The van der Waals surface area contributed by atoms with Crippen molar-refractivity contribution in [1.82, 2.24) is 5.32 Å². The fourth-order valence-corrected chi connectivity index (χ4v) is 2.75. The zero-order chi connectivity index (χ0) is 18.6. The van der Waals surface area contributed by atoms with Crippen LogP contribution in [0.1, 0.15) is 28.6 Å². The van der Waals surface area contributed by atoms with E-state index in [0.717, 1.165) is 0 Å². The predicted molar refractivity (Wildman–Crippen MR) is 97.2 cm³/mol. The summed E-state index contributed by atoms with van der Waals surface area (Å²) in [4.78, 5) is 12.7. The summed E-state index contributed by atoms with van der Waals surface area (Å²) in [5.74, 6) is 0.0427. The van der Waals surface area contributed by atoms with Crippen molar-refractivity contribution in [2.24, 2.45) is 0 Å². The van der Waals surface area contributed by atoms with Crippen LogP contribution in [0.25, 0.3) is 11.1 Å². The first-order chi connectivity index (χ1) is 12.5. The second-order valence-electron chi connectivity index (χ2n) is 6.14. The first-order valence-corrected chi connectivity index (χ1v) is 8.16. The molecule has 5 nitrogen and oxygen atoms in total. The SMILES string of the molecule is CC(O)(CNC(=O)c1ccccc1-c1ccccc1C#N)c1ccco1. The van der Waals surface area contributed by atoms with Crippen LogP contribution >= 0.6 is 0 Å². The summed E-state index contributed by atoms with van der Waals surface area (Å²) in [6.45, 7) is 1.57. The smallest absolute Gasteiger partial charge is 0.252 e. The minimum absolute atomic E-state index is 0.00637. The maximum absolute atomic E-state index is 12.7. The molecule has 2 aromatic carbocycles. The van der Waals surface area contributed by atoms with Gasteiger partial charge in [-0.2, -0.15) is 5.26 Å². The Bertz CT molecular complexity index is 953. The number of hydrogen-bond donors (Lipinski definition) is 2. The van der Waals surface area contributed by atoms with Crippen LogP contribution in [-0.4, -0.2) is 17.6 Å². The fourth-order valence-electron chi connectivity index (χ4n) is 2.75. The molecule has 0 fully saturated rings. The third kappa shape index (κ3) is 3.51. The van der Waals surface area contributed by atoms with Crippen molar-refractivity contribution in [3.8, 4) is 17.2 Å². The summed E-state index contributed by atoms with van der Waals surface area (Å²) in [5, 5.41) is 22.6. The molecule has 5 heteroatoms. The van der Waals surface area contributed by atoms with E-state index in [2.05, 4.69) is 11.4 Å². The lowest BCUT2D eigenvalue weighted by molar-refractivity contribution is 0.0330. The average molecular weight is 346 g/mol. The van der Waals surface area contributed by atoms with Crippen LogP contribution in [0.15, 0.2) is 71.3 Å². The van der Waals surface area contributed by atoms with Crippen molar-refractivity contribution in [2.75, 3.05) is 6.54 Å². The first kappa shape index (κ1) is 17.5. The molecule has 1 unspecified atom stereocenters. The molecule has 0 spiro atoms. The second-order valence-corrected chi connectivity index (χ2v) is 6.14. The minimum atomic E-state index is -1.32. The molecular weight excluding hydrogens is 328 g/mol. The third-order valence-electron chi connectivity index (χ3n) is 4.15. The van der Waals surface area contributed by atoms with Crippen LogP contribution in [0.5, 0.6) is 0 Å². The quantitative estimate of drug-likeness (QED) is 0.741. The number of benzene rings is 2. The van der Waals surface area contributed by atoms with Gasteiger partial charge in [0.1, 0.15) is 11.4 Å². The maximum Gasteiger partial charge on any atom is 0.252 e. The van der Waals surface area contributed by atoms with E-state index in [4.69, 9.17) is 4.42 Å². The number of carbonyl (C=O) groups is 1. The van der Waals surface area contributed by atoms with Gasteiger partial charge in [0.2, 0.25) is 0 Å². The molecule has 1 aromatic heterocycles. The van der Waals surface area contributed by atoms with Crippen molar-refractivity contribution in [1.29, 1.82) is 5.26 Å². The molecule has 0 saturated heterocycles. The monoisotopic (exact) mass is 346 g/mol. The van der Waals surface area contributed by atoms with Crippen molar-refractivity contribution in [3.63, 3.8) is 0 Å². The lowest BCUT2D eigenvalue weighted by atomic mass is 9.95. The zero-order valence-corrected chi connectivity index (χ0v) is 14.3. The largest absolute Gasteiger partial charge is 0.466 e. The summed E-state index contributed by atoms with van der Waals surface area (Å²) in [6.07, 6.45) is 1.47. The summed E-state index contributed by atoms with van der Waals surface area (Å²) in [5.41, 5.74) is 0.970. The molecular formula is C21H18N2O3. The number of amides is 1. The van der Waals surface area contributed by atoms with Crippen LogP contribution in [-0.2, 0) is 5.60 Å². The Morgan fingerprint density at radius 3 is 2.50 bits per heavy atom. The second kappa shape index (κ2) is 7.26. The van der Waals surface area contributed by atoms with Gasteiger partial charge in [-0.05, 0) is 36.8 Å². The van der Waals surface area contributed by atoms with Gasteiger partial charge >= 0.3 is 0 Å². The molecule has 2 N–H and O–H groups in total. The molecule has 3 rings (SSSR count). The van der Waals surface area contributed by atoms with Crippen LogP contribution in [0.4, 0.5) is 0 Å². The molecule has 0 aliphatic carbocycles. The molecule has 0 saturated carbocycles. The Morgan fingerprint density at radius 2 is 1.81 bits per heavy atom. The lowest BCUT2D eigenvalue weighted by Crippen LogP contribution is -2.38. The van der Waals surface area contributed by atoms with Gasteiger partial charge in [0.05, 0.1) is 24.4 Å². The molecule has 130 valence electrons. The van der Waals surface area contributed by atoms with Gasteiger partial charge in [0.15, 0.2) is 0 Å². The highest BCUT2D eigenvalue weighted by Crippen LogP contribution is 2.27. The topological polar surface area (TPSA) is 86.3 Å². The molecule has 1 atom stereocenters. The summed E-state index contributed by atoms with van der Waals surface area (Å²) >= 11 is 0. The average Bonchev–Trinajstić information content (AvgIpc) is 3.22. The maximum atomic E-state index is 12.7. The standard InChI is InChI=1S/C21H18N2O3/c1-21(25,19-11-6-12-26-19)14-23-20(24)18-10-5-4-9-17(18)16-8-3-2-7-15(16)13-22/h2-12,25H,14H2,1H3,(H,23,24). The number of carbonyl (C=O) groups excluding carboxylic acids is 1. The zero-order valence-electron chi connectivity index (χ0n) is 14.3. The summed E-state index contributed by atoms with van der Waals surface area (Å²) in [7, 11) is 0. The van der Waals surface area contributed by atoms with Crippen LogP contribution < -0.4 is 5.32 Å². The Kier molecular flexibility index (Phi) is 4.87. The van der Waals surface area contributed by atoms with Gasteiger partial charge < -0.3 is 14.8 Å². The molecule has 1 heterocycles. The number of nitrogens with one attached hydrogen (secondary N) is 1. The Labute approximate surface area is 151 Å². The van der Waals surface area contributed by atoms with Crippen LogP contribution in [0, 0.1) is 11.3 Å². The van der Waals surface area contributed by atoms with Gasteiger partial charge in [-0.1, -0.05) is 36.4 Å². The van der Waals surface area contributed by atoms with Crippen molar-refractivity contribution in [3.05, 3.63) is 83.8 Å². The summed E-state index contributed by atoms with van der Waals surface area (Å²) < 4.78 is 5.22. The third-order valence-corrected chi connectivity index (χ3v) is 4.15. The van der Waals surface area contributed by atoms with E-state index in [-0.39, 0.29) is 12.5 Å². The van der Waals surface area contributed by atoms with E-state index < -0.39 is 5.60 Å². The Hall–Kier alpha value is -3.36. The number of rotatable bonds is 5. The number of nitriles is 1. The van der Waals surface area contributed by atoms with E-state index in [0.29, 0.717) is 28.0 Å². The van der Waals surface area contributed by atoms with E-state index in [1.165, 1.54) is 6.26 Å². The molecule has 3 aromatic rings. The van der Waals surface area contributed by atoms with Crippen molar-refractivity contribution < 1.29 is 14.3 Å². The molecule has 0 aliphatic rings. The molecule has 0 bridgehead atoms. The molecule has 1 amide bonds. The van der Waals surface area contributed by atoms with Crippen LogP contribution in [0.2, 0.25) is 0 Å². The highest BCUT2D eigenvalue weighted by molar-refractivity contribution is 6.01. The lowest BCUT2D eigenvalue weighted by Gasteiger charge is -2.21. The van der Waals surface area contributed by atoms with Gasteiger partial charge in [0.25, 0.3) is 5.91 Å². The molecule has 26 heavy (non-hydrogen) atoms. The normalized spacial score (nSPS) is 12.8.